The average molecular weight is 441 g/mol. The molecule has 0 aliphatic carbocycles. The first-order valence-corrected chi connectivity index (χ1v) is 11.2. The summed E-state index contributed by atoms with van der Waals surface area (Å²) in [5.41, 5.74) is 0.0291. The van der Waals surface area contributed by atoms with Crippen LogP contribution in [0.2, 0.25) is 0 Å². The van der Waals surface area contributed by atoms with Crippen molar-refractivity contribution in [2.75, 3.05) is 6.61 Å². The van der Waals surface area contributed by atoms with Crippen LogP contribution in [-0.2, 0) is 16.0 Å². The number of aryl methyl sites for hydroxylation is 1. The van der Waals surface area contributed by atoms with Gasteiger partial charge in [-0.05, 0) is 63.9 Å². The van der Waals surface area contributed by atoms with E-state index in [1.54, 1.807) is 44.2 Å². The molecule has 31 heavy (non-hydrogen) atoms. The predicted molar refractivity (Wildman–Crippen MR) is 122 cm³/mol. The van der Waals surface area contributed by atoms with E-state index in [2.05, 4.69) is 16.9 Å². The van der Waals surface area contributed by atoms with E-state index < -0.39 is 11.6 Å². The maximum Gasteiger partial charge on any atom is 0.349 e. The number of rotatable bonds is 9. The van der Waals surface area contributed by atoms with Crippen molar-refractivity contribution < 1.29 is 19.0 Å². The minimum absolute atomic E-state index is 0.165. The molecule has 2 heterocycles. The number of hydrogen-bond donors (Lipinski definition) is 0. The van der Waals surface area contributed by atoms with Gasteiger partial charge in [0.05, 0.1) is 11.5 Å². The third kappa shape index (κ3) is 5.82. The lowest BCUT2D eigenvalue weighted by Gasteiger charge is -2.24. The van der Waals surface area contributed by atoms with E-state index in [0.29, 0.717) is 18.1 Å². The fraction of sp³-hybridized carbons (Fsp3) is 0.375. The smallest absolute Gasteiger partial charge is 0.349 e. The maximum atomic E-state index is 12.1. The Kier molecular flexibility index (Phi) is 7.28. The molecule has 7 heteroatoms. The van der Waals surface area contributed by atoms with Gasteiger partial charge in [0, 0.05) is 23.3 Å². The van der Waals surface area contributed by atoms with Gasteiger partial charge in [-0.25, -0.2) is 14.8 Å². The van der Waals surface area contributed by atoms with Crippen LogP contribution in [0.25, 0.3) is 10.7 Å². The summed E-state index contributed by atoms with van der Waals surface area (Å²) in [4.78, 5) is 23.1. The highest BCUT2D eigenvalue weighted by Gasteiger charge is 2.31. The summed E-state index contributed by atoms with van der Waals surface area (Å²) >= 11 is 1.61. The summed E-state index contributed by atoms with van der Waals surface area (Å²) < 4.78 is 17.1. The SMILES string of the molecule is CCOC(=O)C(C)(C)Oc1cccc(OC(C)c2ccc(-c3ncc(CC)cn3)s2)c1. The van der Waals surface area contributed by atoms with Crippen molar-refractivity contribution in [2.24, 2.45) is 0 Å². The molecule has 0 aliphatic rings. The Morgan fingerprint density at radius 3 is 2.48 bits per heavy atom. The van der Waals surface area contributed by atoms with Crippen molar-refractivity contribution in [2.45, 2.75) is 52.7 Å². The Bertz CT molecular complexity index is 1010. The Morgan fingerprint density at radius 2 is 1.81 bits per heavy atom. The standard InChI is InChI=1S/C24H28N2O4S/c1-6-17-14-25-22(26-15-17)21-12-11-20(31-21)16(3)29-18-9-8-10-19(13-18)30-24(4,5)23(27)28-7-2/h8-16H,6-7H2,1-5H3. The van der Waals surface area contributed by atoms with Crippen molar-refractivity contribution in [1.82, 2.24) is 9.97 Å². The molecule has 0 aliphatic heterocycles. The number of esters is 1. The number of carbonyl (C=O) groups excluding carboxylic acids is 1. The van der Waals surface area contributed by atoms with E-state index in [1.807, 2.05) is 43.6 Å². The van der Waals surface area contributed by atoms with Gasteiger partial charge < -0.3 is 14.2 Å². The molecule has 0 spiro atoms. The number of nitrogens with zero attached hydrogens (tertiary/aromatic N) is 2. The number of hydrogen-bond acceptors (Lipinski definition) is 7. The van der Waals surface area contributed by atoms with Crippen LogP contribution in [0.1, 0.15) is 51.2 Å². The van der Waals surface area contributed by atoms with Crippen molar-refractivity contribution >= 4 is 17.3 Å². The normalized spacial score (nSPS) is 12.3. The van der Waals surface area contributed by atoms with Gasteiger partial charge in [-0.2, -0.15) is 0 Å². The quantitative estimate of drug-likeness (QED) is 0.402. The first kappa shape index (κ1) is 22.7. The van der Waals surface area contributed by atoms with Crippen molar-refractivity contribution in [3.05, 3.63) is 59.2 Å². The molecule has 0 saturated carbocycles. The van der Waals surface area contributed by atoms with Gasteiger partial charge >= 0.3 is 5.97 Å². The summed E-state index contributed by atoms with van der Waals surface area (Å²) in [6.45, 7) is 9.52. The van der Waals surface area contributed by atoms with Gasteiger partial charge in [0.15, 0.2) is 11.4 Å². The van der Waals surface area contributed by atoms with Crippen LogP contribution in [0, 0.1) is 0 Å². The molecular weight excluding hydrogens is 412 g/mol. The van der Waals surface area contributed by atoms with Gasteiger partial charge in [0.2, 0.25) is 0 Å². The fourth-order valence-corrected chi connectivity index (χ4v) is 3.81. The van der Waals surface area contributed by atoms with Crippen LogP contribution >= 0.6 is 11.3 Å². The number of benzene rings is 1. The predicted octanol–water partition coefficient (Wildman–Crippen LogP) is 5.63. The number of thiophene rings is 1. The second-order valence-electron chi connectivity index (χ2n) is 7.54. The maximum absolute atomic E-state index is 12.1. The topological polar surface area (TPSA) is 70.5 Å². The van der Waals surface area contributed by atoms with Crippen molar-refractivity contribution in [3.8, 4) is 22.2 Å². The lowest BCUT2D eigenvalue weighted by atomic mass is 10.1. The van der Waals surface area contributed by atoms with E-state index in [1.165, 1.54) is 0 Å². The number of aromatic nitrogens is 2. The minimum Gasteiger partial charge on any atom is -0.485 e. The Hall–Kier alpha value is -2.93. The molecule has 1 aromatic carbocycles. The van der Waals surface area contributed by atoms with Gasteiger partial charge in [0.1, 0.15) is 17.6 Å². The Morgan fingerprint density at radius 1 is 1.10 bits per heavy atom. The van der Waals surface area contributed by atoms with Crippen LogP contribution in [0.3, 0.4) is 0 Å². The Balaban J connectivity index is 1.68. The first-order valence-electron chi connectivity index (χ1n) is 10.4. The summed E-state index contributed by atoms with van der Waals surface area (Å²) in [6, 6.07) is 11.3. The molecule has 1 atom stereocenters. The number of carbonyl (C=O) groups is 1. The van der Waals surface area contributed by atoms with Crippen LogP contribution < -0.4 is 9.47 Å². The van der Waals surface area contributed by atoms with E-state index in [9.17, 15) is 4.79 Å². The summed E-state index contributed by atoms with van der Waals surface area (Å²) in [6.07, 6.45) is 4.48. The van der Waals surface area contributed by atoms with Gasteiger partial charge in [-0.15, -0.1) is 11.3 Å². The first-order chi connectivity index (χ1) is 14.8. The molecule has 2 aromatic heterocycles. The summed E-state index contributed by atoms with van der Waals surface area (Å²) in [5, 5.41) is 0. The molecule has 6 nitrogen and oxygen atoms in total. The van der Waals surface area contributed by atoms with E-state index in [4.69, 9.17) is 14.2 Å². The van der Waals surface area contributed by atoms with Gasteiger partial charge in [-0.3, -0.25) is 0 Å². The molecule has 0 radical (unpaired) electrons. The van der Waals surface area contributed by atoms with Crippen LogP contribution in [0.15, 0.2) is 48.8 Å². The second-order valence-corrected chi connectivity index (χ2v) is 8.65. The van der Waals surface area contributed by atoms with E-state index in [-0.39, 0.29) is 6.10 Å². The fourth-order valence-electron chi connectivity index (χ4n) is 2.87. The zero-order valence-corrected chi connectivity index (χ0v) is 19.4. The van der Waals surface area contributed by atoms with E-state index in [0.717, 1.165) is 27.6 Å². The largest absolute Gasteiger partial charge is 0.485 e. The highest BCUT2D eigenvalue weighted by Crippen LogP contribution is 2.33. The molecule has 0 saturated heterocycles. The zero-order valence-electron chi connectivity index (χ0n) is 18.5. The van der Waals surface area contributed by atoms with E-state index >= 15 is 0 Å². The zero-order chi connectivity index (χ0) is 22.4. The monoisotopic (exact) mass is 440 g/mol. The van der Waals surface area contributed by atoms with Crippen molar-refractivity contribution in [3.63, 3.8) is 0 Å². The highest BCUT2D eigenvalue weighted by molar-refractivity contribution is 7.15. The molecule has 0 bridgehead atoms. The van der Waals surface area contributed by atoms with Crippen LogP contribution in [-0.4, -0.2) is 28.1 Å². The van der Waals surface area contributed by atoms with Crippen LogP contribution in [0.5, 0.6) is 11.5 Å². The molecule has 1 unspecified atom stereocenters. The lowest BCUT2D eigenvalue weighted by Crippen LogP contribution is -2.39. The molecule has 164 valence electrons. The molecular formula is C24H28N2O4S. The summed E-state index contributed by atoms with van der Waals surface area (Å²) in [5.74, 6) is 1.51. The van der Waals surface area contributed by atoms with Gasteiger partial charge in [-0.1, -0.05) is 13.0 Å². The molecule has 3 aromatic rings. The second kappa shape index (κ2) is 9.92. The Labute approximate surface area is 187 Å². The third-order valence-electron chi connectivity index (χ3n) is 4.62. The molecule has 3 rings (SSSR count). The van der Waals surface area contributed by atoms with Crippen molar-refractivity contribution in [1.29, 1.82) is 0 Å². The molecule has 0 fully saturated rings. The number of ether oxygens (including phenoxy) is 3. The van der Waals surface area contributed by atoms with Gasteiger partial charge in [0.25, 0.3) is 0 Å². The molecule has 0 amide bonds. The third-order valence-corrected chi connectivity index (χ3v) is 5.86. The highest BCUT2D eigenvalue weighted by atomic mass is 32.1. The summed E-state index contributed by atoms with van der Waals surface area (Å²) in [7, 11) is 0. The minimum atomic E-state index is -1.09. The average Bonchev–Trinajstić information content (AvgIpc) is 3.24. The van der Waals surface area contributed by atoms with Crippen LogP contribution in [0.4, 0.5) is 0 Å². The molecule has 0 N–H and O–H groups in total. The lowest BCUT2D eigenvalue weighted by molar-refractivity contribution is -0.158.